The Labute approximate surface area is 158 Å². The molecular weight excluding hydrogens is 348 g/mol. The van der Waals surface area contributed by atoms with Gasteiger partial charge in [0.1, 0.15) is 23.4 Å². The van der Waals surface area contributed by atoms with Crippen LogP contribution in [0.15, 0.2) is 24.5 Å². The zero-order chi connectivity index (χ0) is 19.3. The van der Waals surface area contributed by atoms with Gasteiger partial charge in [-0.1, -0.05) is 6.58 Å². The lowest BCUT2D eigenvalue weighted by Crippen LogP contribution is -2.47. The van der Waals surface area contributed by atoms with Gasteiger partial charge in [-0.15, -0.1) is 0 Å². The molecule has 0 spiro atoms. The third kappa shape index (κ3) is 2.70. The summed E-state index contributed by atoms with van der Waals surface area (Å²) >= 11 is 0. The topological polar surface area (TPSA) is 74.2 Å². The highest BCUT2D eigenvalue weighted by molar-refractivity contribution is 5.95. The lowest BCUT2D eigenvalue weighted by atomic mass is 9.74. The van der Waals surface area contributed by atoms with Gasteiger partial charge < -0.3 is 24.1 Å². The number of benzene rings is 1. The fraction of sp³-hybridized carbons (Fsp3) is 0.476. The van der Waals surface area contributed by atoms with Crippen molar-refractivity contribution in [2.75, 3.05) is 13.7 Å². The molecular formula is C21H24O6. The molecule has 1 aliphatic carbocycles. The Morgan fingerprint density at radius 2 is 2.22 bits per heavy atom. The molecule has 0 aromatic heterocycles. The number of carbonyl (C=O) groups is 1. The van der Waals surface area contributed by atoms with Crippen molar-refractivity contribution < 1.29 is 28.8 Å². The van der Waals surface area contributed by atoms with E-state index in [1.54, 1.807) is 26.2 Å². The summed E-state index contributed by atoms with van der Waals surface area (Å²) in [6.07, 6.45) is 3.77. The highest BCUT2D eigenvalue weighted by Crippen LogP contribution is 2.56. The molecule has 0 radical (unpaired) electrons. The Morgan fingerprint density at radius 1 is 1.44 bits per heavy atom. The maximum Gasteiger partial charge on any atom is 0.374 e. The highest BCUT2D eigenvalue weighted by atomic mass is 16.6. The second-order valence-electron chi connectivity index (χ2n) is 7.45. The van der Waals surface area contributed by atoms with E-state index in [2.05, 4.69) is 6.58 Å². The van der Waals surface area contributed by atoms with Gasteiger partial charge in [-0.05, 0) is 44.8 Å². The van der Waals surface area contributed by atoms with Crippen molar-refractivity contribution in [1.82, 2.24) is 0 Å². The van der Waals surface area contributed by atoms with E-state index in [0.717, 1.165) is 18.4 Å². The van der Waals surface area contributed by atoms with E-state index in [1.807, 2.05) is 6.92 Å². The van der Waals surface area contributed by atoms with E-state index < -0.39 is 11.6 Å². The van der Waals surface area contributed by atoms with E-state index in [4.69, 9.17) is 18.9 Å². The van der Waals surface area contributed by atoms with Crippen LogP contribution in [0.1, 0.15) is 50.2 Å². The standard InChI is InChI=1S/C21H24O6/c1-5-25-20(22)15-9-11(2)16-13(26-15)10-14-17(18(16)24-4)12-7-6-8-21(3,23)19(12)27-14/h9-10,12,19,23H,2,5-8H2,1,3-4H3. The van der Waals surface area contributed by atoms with Gasteiger partial charge in [0.2, 0.25) is 5.76 Å². The molecule has 1 aromatic carbocycles. The van der Waals surface area contributed by atoms with Crippen LogP contribution in [0.5, 0.6) is 17.2 Å². The minimum atomic E-state index is -0.903. The molecule has 0 amide bonds. The Bertz CT molecular complexity index is 851. The summed E-state index contributed by atoms with van der Waals surface area (Å²) in [5.41, 5.74) is 1.36. The Kier molecular flexibility index (Phi) is 4.18. The highest BCUT2D eigenvalue weighted by Gasteiger charge is 2.50. The zero-order valence-corrected chi connectivity index (χ0v) is 15.8. The number of allylic oxidation sites excluding steroid dienone is 2. The molecule has 144 valence electrons. The van der Waals surface area contributed by atoms with E-state index in [1.165, 1.54) is 0 Å². The van der Waals surface area contributed by atoms with Gasteiger partial charge in [0.25, 0.3) is 0 Å². The first kappa shape index (κ1) is 17.9. The van der Waals surface area contributed by atoms with Crippen LogP contribution in [-0.2, 0) is 9.53 Å². The molecule has 0 saturated heterocycles. The van der Waals surface area contributed by atoms with Crippen molar-refractivity contribution in [3.8, 4) is 17.2 Å². The van der Waals surface area contributed by atoms with Gasteiger partial charge in [-0.25, -0.2) is 4.79 Å². The molecule has 1 N–H and O–H groups in total. The lowest BCUT2D eigenvalue weighted by Gasteiger charge is -2.37. The first-order chi connectivity index (χ1) is 12.9. The van der Waals surface area contributed by atoms with Gasteiger partial charge >= 0.3 is 5.97 Å². The van der Waals surface area contributed by atoms with Gasteiger partial charge in [-0.2, -0.15) is 0 Å². The van der Waals surface area contributed by atoms with Gasteiger partial charge in [0, 0.05) is 17.5 Å². The number of rotatable bonds is 3. The fourth-order valence-electron chi connectivity index (χ4n) is 4.40. The van der Waals surface area contributed by atoms with Crippen molar-refractivity contribution in [2.24, 2.45) is 0 Å². The number of aliphatic hydroxyl groups is 1. The minimum absolute atomic E-state index is 0.0484. The maximum atomic E-state index is 12.1. The second-order valence-corrected chi connectivity index (χ2v) is 7.45. The summed E-state index contributed by atoms with van der Waals surface area (Å²) in [4.78, 5) is 12.1. The smallest absolute Gasteiger partial charge is 0.374 e. The van der Waals surface area contributed by atoms with Crippen LogP contribution in [0.3, 0.4) is 0 Å². The SMILES string of the molecule is C=C1C=C(C(=O)OCC)Oc2cc3c(c(OC)c21)C1CCCC(C)(O)C1O3. The summed E-state index contributed by atoms with van der Waals surface area (Å²) < 4.78 is 22.7. The molecule has 2 heterocycles. The van der Waals surface area contributed by atoms with Gasteiger partial charge in [0.05, 0.1) is 24.9 Å². The predicted molar refractivity (Wildman–Crippen MR) is 99.0 cm³/mol. The zero-order valence-electron chi connectivity index (χ0n) is 15.8. The number of fused-ring (bicyclic) bond motifs is 4. The molecule has 4 rings (SSSR count). The number of hydrogen-bond donors (Lipinski definition) is 1. The van der Waals surface area contributed by atoms with Crippen molar-refractivity contribution in [3.63, 3.8) is 0 Å². The average Bonchev–Trinajstić information content (AvgIpc) is 2.99. The molecule has 3 unspecified atom stereocenters. The Balaban J connectivity index is 1.80. The molecule has 3 atom stereocenters. The first-order valence-electron chi connectivity index (χ1n) is 9.27. The van der Waals surface area contributed by atoms with Gasteiger partial charge in [0.15, 0.2) is 0 Å². The number of hydrogen-bond acceptors (Lipinski definition) is 6. The van der Waals surface area contributed by atoms with Crippen molar-refractivity contribution >= 4 is 11.5 Å². The van der Waals surface area contributed by atoms with Crippen LogP contribution in [-0.4, -0.2) is 36.5 Å². The molecule has 2 aliphatic heterocycles. The molecule has 3 aliphatic rings. The van der Waals surface area contributed by atoms with Crippen LogP contribution < -0.4 is 14.2 Å². The monoisotopic (exact) mass is 372 g/mol. The third-order valence-corrected chi connectivity index (χ3v) is 5.57. The molecule has 1 saturated carbocycles. The van der Waals surface area contributed by atoms with Crippen molar-refractivity contribution in [1.29, 1.82) is 0 Å². The van der Waals surface area contributed by atoms with Crippen molar-refractivity contribution in [2.45, 2.75) is 50.7 Å². The minimum Gasteiger partial charge on any atom is -0.496 e. The quantitative estimate of drug-likeness (QED) is 0.821. The normalized spacial score (nSPS) is 28.1. The van der Waals surface area contributed by atoms with E-state index in [-0.39, 0.29) is 24.4 Å². The molecule has 1 fully saturated rings. The van der Waals surface area contributed by atoms with Crippen LogP contribution >= 0.6 is 0 Å². The summed E-state index contributed by atoms with van der Waals surface area (Å²) in [7, 11) is 1.60. The molecule has 6 heteroatoms. The maximum absolute atomic E-state index is 12.1. The third-order valence-electron chi connectivity index (χ3n) is 5.57. The summed E-state index contributed by atoms with van der Waals surface area (Å²) in [5.74, 6) is 1.30. The van der Waals surface area contributed by atoms with E-state index >= 15 is 0 Å². The van der Waals surface area contributed by atoms with Crippen LogP contribution in [0, 0.1) is 0 Å². The summed E-state index contributed by atoms with van der Waals surface area (Å²) in [5, 5.41) is 10.8. The molecule has 6 nitrogen and oxygen atoms in total. The average molecular weight is 372 g/mol. The predicted octanol–water partition coefficient (Wildman–Crippen LogP) is 3.33. The van der Waals surface area contributed by atoms with Crippen LogP contribution in [0.4, 0.5) is 0 Å². The second kappa shape index (κ2) is 6.30. The number of esters is 1. The van der Waals surface area contributed by atoms with E-state index in [0.29, 0.717) is 34.8 Å². The fourth-order valence-corrected chi connectivity index (χ4v) is 4.40. The molecule has 27 heavy (non-hydrogen) atoms. The molecule has 0 bridgehead atoms. The number of ether oxygens (including phenoxy) is 4. The largest absolute Gasteiger partial charge is 0.496 e. The van der Waals surface area contributed by atoms with Gasteiger partial charge in [-0.3, -0.25) is 0 Å². The van der Waals surface area contributed by atoms with Crippen LogP contribution in [0.2, 0.25) is 0 Å². The summed E-state index contributed by atoms with van der Waals surface area (Å²) in [6.45, 7) is 7.89. The Hall–Kier alpha value is -2.47. The van der Waals surface area contributed by atoms with E-state index in [9.17, 15) is 9.90 Å². The molecule has 1 aromatic rings. The Morgan fingerprint density at radius 3 is 2.93 bits per heavy atom. The first-order valence-corrected chi connectivity index (χ1v) is 9.27. The number of carbonyl (C=O) groups excluding carboxylic acids is 1. The van der Waals surface area contributed by atoms with Crippen molar-refractivity contribution in [3.05, 3.63) is 35.6 Å². The lowest BCUT2D eigenvalue weighted by molar-refractivity contribution is -0.141. The van der Waals surface area contributed by atoms with Crippen LogP contribution in [0.25, 0.3) is 5.57 Å². The summed E-state index contributed by atoms with van der Waals surface area (Å²) in [6, 6.07) is 1.76. The number of methoxy groups -OCH3 is 1.